The van der Waals surface area contributed by atoms with E-state index >= 15 is 0 Å². The molecule has 2 aromatic rings. The quantitative estimate of drug-likeness (QED) is 0.501. The van der Waals surface area contributed by atoms with Crippen molar-refractivity contribution < 1.29 is 4.74 Å². The van der Waals surface area contributed by atoms with Crippen molar-refractivity contribution in [3.63, 3.8) is 0 Å². The SMILES string of the molecule is CCOc1ccccc1/C=N\N(C)C(=S)NCc1ccccc1. The second-order valence-corrected chi connectivity index (χ2v) is 5.27. The number of nitrogens with zero attached hydrogens (tertiary/aromatic N) is 2. The molecule has 0 amide bonds. The first-order valence-corrected chi connectivity index (χ1v) is 7.93. The number of ether oxygens (including phenoxy) is 1. The van der Waals surface area contributed by atoms with Crippen LogP contribution in [0.3, 0.4) is 0 Å². The van der Waals surface area contributed by atoms with Crippen LogP contribution >= 0.6 is 12.2 Å². The largest absolute Gasteiger partial charge is 0.493 e. The second-order valence-electron chi connectivity index (χ2n) is 4.88. The second kappa shape index (κ2) is 8.90. The maximum atomic E-state index is 5.58. The molecular weight excluding hydrogens is 306 g/mol. The Bertz CT molecular complexity index is 658. The number of nitrogens with one attached hydrogen (secondary N) is 1. The number of hydrogen-bond acceptors (Lipinski definition) is 3. The van der Waals surface area contributed by atoms with Crippen LogP contribution in [0.2, 0.25) is 0 Å². The van der Waals surface area contributed by atoms with Gasteiger partial charge in [0.25, 0.3) is 0 Å². The van der Waals surface area contributed by atoms with Gasteiger partial charge in [0, 0.05) is 19.2 Å². The number of rotatable bonds is 6. The molecule has 0 saturated heterocycles. The molecule has 0 radical (unpaired) electrons. The summed E-state index contributed by atoms with van der Waals surface area (Å²) in [5.74, 6) is 0.815. The van der Waals surface area contributed by atoms with Crippen LogP contribution in [-0.2, 0) is 6.54 Å². The standard InChI is InChI=1S/C18H21N3OS/c1-3-22-17-12-8-7-11-16(17)14-20-21(2)18(23)19-13-15-9-5-4-6-10-15/h4-12,14H,3,13H2,1-2H3,(H,19,23)/b20-14-. The summed E-state index contributed by atoms with van der Waals surface area (Å²) in [5, 5.41) is 9.77. The Labute approximate surface area is 142 Å². The lowest BCUT2D eigenvalue weighted by Gasteiger charge is -2.16. The first kappa shape index (κ1) is 17.0. The van der Waals surface area contributed by atoms with Crippen molar-refractivity contribution in [2.24, 2.45) is 5.10 Å². The maximum Gasteiger partial charge on any atom is 0.189 e. The molecule has 2 aromatic carbocycles. The summed E-state index contributed by atoms with van der Waals surface area (Å²) in [4.78, 5) is 0. The molecule has 23 heavy (non-hydrogen) atoms. The highest BCUT2D eigenvalue weighted by Gasteiger charge is 2.03. The minimum Gasteiger partial charge on any atom is -0.493 e. The Morgan fingerprint density at radius 3 is 2.61 bits per heavy atom. The summed E-state index contributed by atoms with van der Waals surface area (Å²) in [5.41, 5.74) is 2.10. The summed E-state index contributed by atoms with van der Waals surface area (Å²) in [6, 6.07) is 17.9. The summed E-state index contributed by atoms with van der Waals surface area (Å²) < 4.78 is 5.58. The average molecular weight is 327 g/mol. The molecular formula is C18H21N3OS. The third-order valence-electron chi connectivity index (χ3n) is 3.17. The van der Waals surface area contributed by atoms with Gasteiger partial charge in [-0.2, -0.15) is 5.10 Å². The minimum absolute atomic E-state index is 0.569. The highest BCUT2D eigenvalue weighted by atomic mass is 32.1. The fraction of sp³-hybridized carbons (Fsp3) is 0.222. The van der Waals surface area contributed by atoms with Crippen LogP contribution in [-0.4, -0.2) is 30.0 Å². The number of thiocarbonyl (C=S) groups is 1. The van der Waals surface area contributed by atoms with Crippen molar-refractivity contribution in [2.45, 2.75) is 13.5 Å². The lowest BCUT2D eigenvalue weighted by atomic mass is 10.2. The zero-order chi connectivity index (χ0) is 16.5. The van der Waals surface area contributed by atoms with Gasteiger partial charge in [0.2, 0.25) is 0 Å². The Morgan fingerprint density at radius 2 is 1.87 bits per heavy atom. The summed E-state index contributed by atoms with van der Waals surface area (Å²) in [6.07, 6.45) is 1.75. The van der Waals surface area contributed by atoms with E-state index in [2.05, 4.69) is 22.6 Å². The van der Waals surface area contributed by atoms with Gasteiger partial charge in [0.05, 0.1) is 12.8 Å². The van der Waals surface area contributed by atoms with Gasteiger partial charge in [0.1, 0.15) is 5.75 Å². The van der Waals surface area contributed by atoms with Crippen molar-refractivity contribution in [3.8, 4) is 5.75 Å². The molecule has 0 spiro atoms. The molecule has 0 bridgehead atoms. The predicted octanol–water partition coefficient (Wildman–Crippen LogP) is 3.43. The Morgan fingerprint density at radius 1 is 1.17 bits per heavy atom. The van der Waals surface area contributed by atoms with Crippen molar-refractivity contribution in [2.75, 3.05) is 13.7 Å². The van der Waals surface area contributed by atoms with E-state index in [1.165, 1.54) is 5.56 Å². The fourth-order valence-electron chi connectivity index (χ4n) is 1.96. The number of hydrogen-bond donors (Lipinski definition) is 1. The molecule has 0 aliphatic rings. The van der Waals surface area contributed by atoms with Gasteiger partial charge in [-0.05, 0) is 36.8 Å². The monoisotopic (exact) mass is 327 g/mol. The highest BCUT2D eigenvalue weighted by molar-refractivity contribution is 7.80. The molecule has 0 aromatic heterocycles. The molecule has 5 heteroatoms. The number of hydrazone groups is 1. The van der Waals surface area contributed by atoms with Crippen LogP contribution in [0.25, 0.3) is 0 Å². The van der Waals surface area contributed by atoms with Crippen LogP contribution in [0, 0.1) is 0 Å². The van der Waals surface area contributed by atoms with Gasteiger partial charge in [-0.25, -0.2) is 5.01 Å². The van der Waals surface area contributed by atoms with Crippen LogP contribution in [0.5, 0.6) is 5.75 Å². The van der Waals surface area contributed by atoms with Gasteiger partial charge in [-0.15, -0.1) is 0 Å². The molecule has 0 aliphatic heterocycles. The minimum atomic E-state index is 0.569. The molecule has 0 unspecified atom stereocenters. The van der Waals surface area contributed by atoms with Crippen molar-refractivity contribution >= 4 is 23.5 Å². The molecule has 0 fully saturated rings. The summed E-state index contributed by atoms with van der Waals surface area (Å²) >= 11 is 5.35. The molecule has 0 saturated carbocycles. The van der Waals surface area contributed by atoms with E-state index in [0.29, 0.717) is 18.3 Å². The fourth-order valence-corrected chi connectivity index (χ4v) is 2.08. The van der Waals surface area contributed by atoms with Crippen molar-refractivity contribution in [1.82, 2.24) is 10.3 Å². The Kier molecular flexibility index (Phi) is 6.56. The molecule has 4 nitrogen and oxygen atoms in total. The zero-order valence-electron chi connectivity index (χ0n) is 13.4. The Balaban J connectivity index is 1.93. The van der Waals surface area contributed by atoms with Gasteiger partial charge in [-0.3, -0.25) is 0 Å². The molecule has 0 aliphatic carbocycles. The Hall–Kier alpha value is -2.40. The maximum absolute atomic E-state index is 5.58. The van der Waals surface area contributed by atoms with Crippen LogP contribution in [0.15, 0.2) is 59.7 Å². The third kappa shape index (κ3) is 5.38. The van der Waals surface area contributed by atoms with E-state index < -0.39 is 0 Å². The van der Waals surface area contributed by atoms with E-state index in [1.807, 2.05) is 56.4 Å². The van der Waals surface area contributed by atoms with E-state index in [1.54, 1.807) is 11.2 Å². The molecule has 120 valence electrons. The average Bonchev–Trinajstić information content (AvgIpc) is 2.59. The van der Waals surface area contributed by atoms with Crippen LogP contribution in [0.1, 0.15) is 18.1 Å². The van der Waals surface area contributed by atoms with E-state index in [-0.39, 0.29) is 0 Å². The van der Waals surface area contributed by atoms with Gasteiger partial charge < -0.3 is 10.1 Å². The van der Waals surface area contributed by atoms with Gasteiger partial charge in [-0.1, -0.05) is 42.5 Å². The number of benzene rings is 2. The molecule has 0 atom stereocenters. The molecule has 0 heterocycles. The first-order valence-electron chi connectivity index (χ1n) is 7.52. The topological polar surface area (TPSA) is 36.9 Å². The smallest absolute Gasteiger partial charge is 0.189 e. The lowest BCUT2D eigenvalue weighted by Crippen LogP contribution is -2.33. The van der Waals surface area contributed by atoms with Crippen LogP contribution in [0.4, 0.5) is 0 Å². The van der Waals surface area contributed by atoms with E-state index in [9.17, 15) is 0 Å². The highest BCUT2D eigenvalue weighted by Crippen LogP contribution is 2.15. The van der Waals surface area contributed by atoms with E-state index in [4.69, 9.17) is 17.0 Å². The molecule has 1 N–H and O–H groups in total. The predicted molar refractivity (Wildman–Crippen MR) is 98.8 cm³/mol. The van der Waals surface area contributed by atoms with Gasteiger partial charge >= 0.3 is 0 Å². The first-order chi connectivity index (χ1) is 11.2. The zero-order valence-corrected chi connectivity index (χ0v) is 14.2. The summed E-state index contributed by atoms with van der Waals surface area (Å²) in [6.45, 7) is 3.26. The van der Waals surface area contributed by atoms with E-state index in [0.717, 1.165) is 11.3 Å². The number of para-hydroxylation sites is 1. The van der Waals surface area contributed by atoms with Crippen molar-refractivity contribution in [3.05, 3.63) is 65.7 Å². The lowest BCUT2D eigenvalue weighted by molar-refractivity contribution is 0.339. The summed E-state index contributed by atoms with van der Waals surface area (Å²) in [7, 11) is 1.82. The molecule has 2 rings (SSSR count). The van der Waals surface area contributed by atoms with Crippen molar-refractivity contribution in [1.29, 1.82) is 0 Å². The third-order valence-corrected chi connectivity index (χ3v) is 3.58. The normalized spacial score (nSPS) is 10.5. The van der Waals surface area contributed by atoms with Gasteiger partial charge in [0.15, 0.2) is 5.11 Å². The van der Waals surface area contributed by atoms with Crippen LogP contribution < -0.4 is 10.1 Å².